The van der Waals surface area contributed by atoms with Crippen LogP contribution < -0.4 is 11.1 Å². The Hall–Kier alpha value is -1.96. The van der Waals surface area contributed by atoms with Crippen molar-refractivity contribution in [3.05, 3.63) is 11.9 Å². The summed E-state index contributed by atoms with van der Waals surface area (Å²) >= 11 is 0. The number of carbonyl (C=O) groups excluding carboxylic acids is 1. The van der Waals surface area contributed by atoms with E-state index in [1.165, 1.54) is 6.20 Å². The van der Waals surface area contributed by atoms with Gasteiger partial charge in [-0.15, -0.1) is 6.42 Å². The summed E-state index contributed by atoms with van der Waals surface area (Å²) in [7, 11) is 0. The molecule has 0 aliphatic heterocycles. The number of nitrogens with two attached hydrogens (primary N) is 1. The number of carbonyl (C=O) groups is 1. The fourth-order valence-electron chi connectivity index (χ4n) is 0.697. The molecule has 0 bridgehead atoms. The molecule has 0 unspecified atom stereocenters. The number of nitrogens with zero attached hydrogens (tertiary/aromatic N) is 1. The average Bonchev–Trinajstić information content (AvgIpc) is 2.47. The SMILES string of the molecule is C#CCNC(=O)c1[nH]ncc1N. The topological polar surface area (TPSA) is 83.8 Å². The smallest absolute Gasteiger partial charge is 0.272 e. The minimum Gasteiger partial charge on any atom is -0.396 e. The molecule has 0 saturated carbocycles. The van der Waals surface area contributed by atoms with E-state index in [1.54, 1.807) is 0 Å². The van der Waals surface area contributed by atoms with E-state index in [-0.39, 0.29) is 18.1 Å². The lowest BCUT2D eigenvalue weighted by atomic mass is 10.3. The van der Waals surface area contributed by atoms with E-state index in [4.69, 9.17) is 12.2 Å². The van der Waals surface area contributed by atoms with Crippen molar-refractivity contribution in [2.75, 3.05) is 12.3 Å². The van der Waals surface area contributed by atoms with Crippen LogP contribution in [0, 0.1) is 12.3 Å². The molecule has 0 spiro atoms. The summed E-state index contributed by atoms with van der Waals surface area (Å²) in [5.74, 6) is 1.93. The van der Waals surface area contributed by atoms with Crippen molar-refractivity contribution >= 4 is 11.6 Å². The summed E-state index contributed by atoms with van der Waals surface area (Å²) in [6.45, 7) is 0.178. The van der Waals surface area contributed by atoms with Crippen LogP contribution in [0.1, 0.15) is 10.5 Å². The Morgan fingerprint density at radius 2 is 2.67 bits per heavy atom. The Labute approximate surface area is 69.3 Å². The molecule has 0 aromatic carbocycles. The lowest BCUT2D eigenvalue weighted by Crippen LogP contribution is -2.24. The number of hydrogen-bond acceptors (Lipinski definition) is 3. The predicted molar refractivity (Wildman–Crippen MR) is 44.2 cm³/mol. The van der Waals surface area contributed by atoms with Gasteiger partial charge >= 0.3 is 0 Å². The maximum absolute atomic E-state index is 11.1. The van der Waals surface area contributed by atoms with Crippen molar-refractivity contribution in [2.45, 2.75) is 0 Å². The first-order valence-corrected chi connectivity index (χ1v) is 3.26. The van der Waals surface area contributed by atoms with E-state index < -0.39 is 0 Å². The van der Waals surface area contributed by atoms with Crippen molar-refractivity contribution in [3.8, 4) is 12.3 Å². The molecule has 0 radical (unpaired) electrons. The lowest BCUT2D eigenvalue weighted by molar-refractivity contribution is 0.0954. The van der Waals surface area contributed by atoms with Crippen molar-refractivity contribution in [3.63, 3.8) is 0 Å². The summed E-state index contributed by atoms with van der Waals surface area (Å²) in [6.07, 6.45) is 6.31. The van der Waals surface area contributed by atoms with Gasteiger partial charge in [0.25, 0.3) is 5.91 Å². The molecule has 4 N–H and O–H groups in total. The van der Waals surface area contributed by atoms with Crippen molar-refractivity contribution in [2.24, 2.45) is 0 Å². The van der Waals surface area contributed by atoms with E-state index in [0.29, 0.717) is 5.69 Å². The molecule has 0 aliphatic rings. The highest BCUT2D eigenvalue weighted by Gasteiger charge is 2.09. The molecule has 5 heteroatoms. The van der Waals surface area contributed by atoms with Gasteiger partial charge in [0.15, 0.2) is 0 Å². The molecule has 5 nitrogen and oxygen atoms in total. The molecule has 1 amide bonds. The van der Waals surface area contributed by atoms with E-state index in [1.807, 2.05) is 0 Å². The second kappa shape index (κ2) is 3.44. The van der Waals surface area contributed by atoms with E-state index >= 15 is 0 Å². The van der Waals surface area contributed by atoms with Gasteiger partial charge in [-0.3, -0.25) is 9.89 Å². The molecule has 62 valence electrons. The standard InChI is InChI=1S/C7H8N4O/c1-2-3-9-7(12)6-5(8)4-10-11-6/h1,4H,3,8H2,(H,9,12)(H,10,11). The Kier molecular flexibility index (Phi) is 2.33. The molecular formula is C7H8N4O. The van der Waals surface area contributed by atoms with Crippen LogP contribution in [0.15, 0.2) is 6.20 Å². The summed E-state index contributed by atoms with van der Waals surface area (Å²) < 4.78 is 0. The van der Waals surface area contributed by atoms with Gasteiger partial charge in [0.05, 0.1) is 18.4 Å². The maximum Gasteiger partial charge on any atom is 0.272 e. The Morgan fingerprint density at radius 3 is 3.17 bits per heavy atom. The second-order valence-corrected chi connectivity index (χ2v) is 2.09. The van der Waals surface area contributed by atoms with Gasteiger partial charge < -0.3 is 11.1 Å². The minimum absolute atomic E-state index is 0.178. The zero-order chi connectivity index (χ0) is 8.97. The quantitative estimate of drug-likeness (QED) is 0.508. The second-order valence-electron chi connectivity index (χ2n) is 2.09. The van der Waals surface area contributed by atoms with Crippen molar-refractivity contribution in [1.29, 1.82) is 0 Å². The molecule has 0 atom stereocenters. The number of nitrogen functional groups attached to an aromatic ring is 1. The van der Waals surface area contributed by atoms with Crippen LogP contribution in [0.5, 0.6) is 0 Å². The van der Waals surface area contributed by atoms with Gasteiger partial charge in [0, 0.05) is 0 Å². The molecule has 1 aromatic heterocycles. The third kappa shape index (κ3) is 1.55. The average molecular weight is 164 g/mol. The van der Waals surface area contributed by atoms with Crippen LogP contribution in [0.25, 0.3) is 0 Å². The first-order valence-electron chi connectivity index (χ1n) is 3.26. The van der Waals surface area contributed by atoms with E-state index in [0.717, 1.165) is 0 Å². The number of aromatic nitrogens is 2. The van der Waals surface area contributed by atoms with Gasteiger partial charge in [-0.1, -0.05) is 5.92 Å². The first-order chi connectivity index (χ1) is 5.75. The monoisotopic (exact) mass is 164 g/mol. The summed E-state index contributed by atoms with van der Waals surface area (Å²) in [6, 6.07) is 0. The largest absolute Gasteiger partial charge is 0.396 e. The van der Waals surface area contributed by atoms with Crippen LogP contribution in [-0.2, 0) is 0 Å². The first kappa shape index (κ1) is 8.14. The number of anilines is 1. The number of H-pyrrole nitrogens is 1. The van der Waals surface area contributed by atoms with Crippen LogP contribution in [0.4, 0.5) is 5.69 Å². The van der Waals surface area contributed by atoms with Gasteiger partial charge in [0.1, 0.15) is 5.69 Å². The zero-order valence-corrected chi connectivity index (χ0v) is 6.29. The van der Waals surface area contributed by atoms with Crippen LogP contribution in [-0.4, -0.2) is 22.6 Å². The Balaban J connectivity index is 2.67. The number of aromatic amines is 1. The molecule has 1 aromatic rings. The fourth-order valence-corrected chi connectivity index (χ4v) is 0.697. The van der Waals surface area contributed by atoms with Gasteiger partial charge in [-0.05, 0) is 0 Å². The molecule has 1 rings (SSSR count). The van der Waals surface area contributed by atoms with Crippen LogP contribution in [0.2, 0.25) is 0 Å². The third-order valence-electron chi connectivity index (χ3n) is 1.25. The molecule has 1 heterocycles. The fraction of sp³-hybridized carbons (Fsp3) is 0.143. The van der Waals surface area contributed by atoms with Gasteiger partial charge in [0.2, 0.25) is 0 Å². The molecule has 0 fully saturated rings. The molecule has 0 saturated heterocycles. The highest BCUT2D eigenvalue weighted by Crippen LogP contribution is 2.04. The maximum atomic E-state index is 11.1. The molecule has 0 aliphatic carbocycles. The van der Waals surface area contributed by atoms with Gasteiger partial charge in [-0.2, -0.15) is 5.10 Å². The Morgan fingerprint density at radius 1 is 1.92 bits per heavy atom. The van der Waals surface area contributed by atoms with Crippen LogP contribution in [0.3, 0.4) is 0 Å². The summed E-state index contributed by atoms with van der Waals surface area (Å²) in [5.41, 5.74) is 5.96. The highest BCUT2D eigenvalue weighted by atomic mass is 16.1. The number of amides is 1. The lowest BCUT2D eigenvalue weighted by Gasteiger charge is -1.97. The Bertz CT molecular complexity index is 322. The van der Waals surface area contributed by atoms with E-state index in [9.17, 15) is 4.79 Å². The summed E-state index contributed by atoms with van der Waals surface area (Å²) in [5, 5.41) is 8.50. The van der Waals surface area contributed by atoms with Crippen LogP contribution >= 0.6 is 0 Å². The highest BCUT2D eigenvalue weighted by molar-refractivity contribution is 5.97. The number of nitrogens with one attached hydrogen (secondary N) is 2. The minimum atomic E-state index is -0.344. The third-order valence-corrected chi connectivity index (χ3v) is 1.25. The zero-order valence-electron chi connectivity index (χ0n) is 6.29. The number of rotatable bonds is 2. The van der Waals surface area contributed by atoms with E-state index in [2.05, 4.69) is 21.4 Å². The molecular weight excluding hydrogens is 156 g/mol. The molecule has 12 heavy (non-hydrogen) atoms. The van der Waals surface area contributed by atoms with Crippen molar-refractivity contribution < 1.29 is 4.79 Å². The normalized spacial score (nSPS) is 8.92. The summed E-state index contributed by atoms with van der Waals surface area (Å²) in [4.78, 5) is 11.1. The van der Waals surface area contributed by atoms with Crippen molar-refractivity contribution in [1.82, 2.24) is 15.5 Å². The number of terminal acetylenes is 1. The van der Waals surface area contributed by atoms with Gasteiger partial charge in [-0.25, -0.2) is 0 Å². The predicted octanol–water partition coefficient (Wildman–Crippen LogP) is -0.645. The number of hydrogen-bond donors (Lipinski definition) is 3.